The van der Waals surface area contributed by atoms with E-state index in [9.17, 15) is 0 Å². The van der Waals surface area contributed by atoms with Gasteiger partial charge in [-0.05, 0) is 12.0 Å². The SMILES string of the molecule is NCC1=CCN(Cc2ccccc2)CC1. The number of benzene rings is 1. The van der Waals surface area contributed by atoms with E-state index in [1.807, 2.05) is 0 Å². The second-order valence-electron chi connectivity index (χ2n) is 4.04. The van der Waals surface area contributed by atoms with Crippen LogP contribution in [0.5, 0.6) is 0 Å². The van der Waals surface area contributed by atoms with Crippen LogP contribution in [0.1, 0.15) is 12.0 Å². The van der Waals surface area contributed by atoms with E-state index in [0.29, 0.717) is 0 Å². The van der Waals surface area contributed by atoms with Crippen molar-refractivity contribution < 1.29 is 0 Å². The predicted octanol–water partition coefficient (Wildman–Crippen LogP) is 1.78. The lowest BCUT2D eigenvalue weighted by atomic mass is 10.1. The number of hydrogen-bond acceptors (Lipinski definition) is 2. The average Bonchev–Trinajstić information content (AvgIpc) is 2.31. The third-order valence-corrected chi connectivity index (χ3v) is 2.90. The highest BCUT2D eigenvalue weighted by atomic mass is 15.1. The minimum Gasteiger partial charge on any atom is -0.327 e. The van der Waals surface area contributed by atoms with Crippen LogP contribution in [-0.4, -0.2) is 24.5 Å². The molecule has 0 fully saturated rings. The molecule has 0 radical (unpaired) electrons. The molecule has 0 aromatic heterocycles. The van der Waals surface area contributed by atoms with Crippen molar-refractivity contribution in [2.24, 2.45) is 5.73 Å². The lowest BCUT2D eigenvalue weighted by Crippen LogP contribution is -2.29. The molecule has 0 saturated carbocycles. The molecule has 0 unspecified atom stereocenters. The summed E-state index contributed by atoms with van der Waals surface area (Å²) < 4.78 is 0. The van der Waals surface area contributed by atoms with Gasteiger partial charge in [0.05, 0.1) is 0 Å². The van der Waals surface area contributed by atoms with E-state index in [0.717, 1.165) is 32.6 Å². The Balaban J connectivity index is 1.90. The summed E-state index contributed by atoms with van der Waals surface area (Å²) in [7, 11) is 0. The van der Waals surface area contributed by atoms with Crippen LogP contribution in [0.25, 0.3) is 0 Å². The van der Waals surface area contributed by atoms with Crippen molar-refractivity contribution in [3.63, 3.8) is 0 Å². The molecule has 0 aliphatic carbocycles. The van der Waals surface area contributed by atoms with Crippen LogP contribution >= 0.6 is 0 Å². The fourth-order valence-corrected chi connectivity index (χ4v) is 1.92. The van der Waals surface area contributed by atoms with Crippen molar-refractivity contribution in [2.45, 2.75) is 13.0 Å². The fraction of sp³-hybridized carbons (Fsp3) is 0.385. The molecular formula is C13H18N2. The number of nitrogens with zero attached hydrogens (tertiary/aromatic N) is 1. The molecule has 2 rings (SSSR count). The van der Waals surface area contributed by atoms with Crippen molar-refractivity contribution in [2.75, 3.05) is 19.6 Å². The summed E-state index contributed by atoms with van der Waals surface area (Å²) in [5.74, 6) is 0. The molecule has 80 valence electrons. The average molecular weight is 202 g/mol. The van der Waals surface area contributed by atoms with Gasteiger partial charge < -0.3 is 5.73 Å². The standard InChI is InChI=1S/C13H18N2/c14-10-12-6-8-15(9-7-12)11-13-4-2-1-3-5-13/h1-6H,7-11,14H2. The van der Waals surface area contributed by atoms with Crippen molar-refractivity contribution in [3.8, 4) is 0 Å². The van der Waals surface area contributed by atoms with E-state index in [1.54, 1.807) is 0 Å². The zero-order chi connectivity index (χ0) is 10.5. The van der Waals surface area contributed by atoms with Gasteiger partial charge >= 0.3 is 0 Å². The Morgan fingerprint density at radius 3 is 2.60 bits per heavy atom. The van der Waals surface area contributed by atoms with E-state index in [4.69, 9.17) is 5.73 Å². The summed E-state index contributed by atoms with van der Waals surface area (Å²) in [6, 6.07) is 10.6. The molecule has 1 aliphatic rings. The molecular weight excluding hydrogens is 184 g/mol. The van der Waals surface area contributed by atoms with Crippen LogP contribution in [0.15, 0.2) is 42.0 Å². The summed E-state index contributed by atoms with van der Waals surface area (Å²) in [6.07, 6.45) is 3.40. The van der Waals surface area contributed by atoms with Gasteiger partial charge in [0.2, 0.25) is 0 Å². The summed E-state index contributed by atoms with van der Waals surface area (Å²) in [4.78, 5) is 2.45. The van der Waals surface area contributed by atoms with E-state index in [-0.39, 0.29) is 0 Å². The third kappa shape index (κ3) is 2.91. The van der Waals surface area contributed by atoms with Gasteiger partial charge in [0.25, 0.3) is 0 Å². The van der Waals surface area contributed by atoms with Crippen LogP contribution in [0.2, 0.25) is 0 Å². The van der Waals surface area contributed by atoms with E-state index < -0.39 is 0 Å². The number of hydrogen-bond donors (Lipinski definition) is 1. The molecule has 2 nitrogen and oxygen atoms in total. The van der Waals surface area contributed by atoms with Gasteiger partial charge in [-0.1, -0.05) is 42.0 Å². The van der Waals surface area contributed by atoms with E-state index in [2.05, 4.69) is 41.3 Å². The first kappa shape index (κ1) is 10.4. The van der Waals surface area contributed by atoms with Crippen LogP contribution in [0.4, 0.5) is 0 Å². The van der Waals surface area contributed by atoms with Gasteiger partial charge in [-0.3, -0.25) is 4.90 Å². The van der Waals surface area contributed by atoms with Gasteiger partial charge in [0.1, 0.15) is 0 Å². The highest BCUT2D eigenvalue weighted by Gasteiger charge is 2.10. The van der Waals surface area contributed by atoms with Gasteiger partial charge in [-0.25, -0.2) is 0 Å². The fourth-order valence-electron chi connectivity index (χ4n) is 1.92. The topological polar surface area (TPSA) is 29.3 Å². The second-order valence-corrected chi connectivity index (χ2v) is 4.04. The van der Waals surface area contributed by atoms with Crippen LogP contribution in [-0.2, 0) is 6.54 Å². The maximum Gasteiger partial charge on any atom is 0.0237 e. The van der Waals surface area contributed by atoms with Crippen LogP contribution < -0.4 is 5.73 Å². The molecule has 1 aliphatic heterocycles. The Labute approximate surface area is 91.4 Å². The van der Waals surface area contributed by atoms with Gasteiger partial charge in [0, 0.05) is 26.2 Å². The molecule has 0 spiro atoms. The van der Waals surface area contributed by atoms with E-state index in [1.165, 1.54) is 11.1 Å². The smallest absolute Gasteiger partial charge is 0.0237 e. The first-order chi connectivity index (χ1) is 7.38. The largest absolute Gasteiger partial charge is 0.327 e. The highest BCUT2D eigenvalue weighted by molar-refractivity contribution is 5.16. The monoisotopic (exact) mass is 202 g/mol. The lowest BCUT2D eigenvalue weighted by Gasteiger charge is -2.25. The lowest BCUT2D eigenvalue weighted by molar-refractivity contribution is 0.285. The van der Waals surface area contributed by atoms with Crippen LogP contribution in [0.3, 0.4) is 0 Å². The van der Waals surface area contributed by atoms with Crippen molar-refractivity contribution in [1.29, 1.82) is 0 Å². The Morgan fingerprint density at radius 2 is 2.00 bits per heavy atom. The molecule has 1 aromatic carbocycles. The predicted molar refractivity (Wildman–Crippen MR) is 63.5 cm³/mol. The van der Waals surface area contributed by atoms with Crippen molar-refractivity contribution >= 4 is 0 Å². The highest BCUT2D eigenvalue weighted by Crippen LogP contribution is 2.12. The second kappa shape index (κ2) is 5.10. The third-order valence-electron chi connectivity index (χ3n) is 2.90. The quantitative estimate of drug-likeness (QED) is 0.757. The van der Waals surface area contributed by atoms with Crippen molar-refractivity contribution in [3.05, 3.63) is 47.5 Å². The summed E-state index contributed by atoms with van der Waals surface area (Å²) in [5.41, 5.74) is 8.41. The van der Waals surface area contributed by atoms with Crippen LogP contribution in [0, 0.1) is 0 Å². The maximum absolute atomic E-state index is 5.61. The normalized spacial score (nSPS) is 17.5. The summed E-state index contributed by atoms with van der Waals surface area (Å²) >= 11 is 0. The number of nitrogens with two attached hydrogens (primary N) is 1. The van der Waals surface area contributed by atoms with E-state index >= 15 is 0 Å². The minimum absolute atomic E-state index is 0.721. The Bertz CT molecular complexity index is 330. The van der Waals surface area contributed by atoms with Crippen molar-refractivity contribution in [1.82, 2.24) is 4.90 Å². The molecule has 0 bridgehead atoms. The molecule has 0 amide bonds. The molecule has 1 aromatic rings. The van der Waals surface area contributed by atoms with Gasteiger partial charge in [0.15, 0.2) is 0 Å². The van der Waals surface area contributed by atoms with Gasteiger partial charge in [-0.2, -0.15) is 0 Å². The minimum atomic E-state index is 0.721. The molecule has 0 saturated heterocycles. The molecule has 0 atom stereocenters. The Kier molecular flexibility index (Phi) is 3.54. The Morgan fingerprint density at radius 1 is 1.20 bits per heavy atom. The molecule has 15 heavy (non-hydrogen) atoms. The molecule has 2 N–H and O–H groups in total. The van der Waals surface area contributed by atoms with Gasteiger partial charge in [-0.15, -0.1) is 0 Å². The molecule has 1 heterocycles. The zero-order valence-corrected chi connectivity index (χ0v) is 9.02. The first-order valence-corrected chi connectivity index (χ1v) is 5.53. The number of rotatable bonds is 3. The Hall–Kier alpha value is -1.12. The maximum atomic E-state index is 5.61. The first-order valence-electron chi connectivity index (χ1n) is 5.53. The zero-order valence-electron chi connectivity index (χ0n) is 9.02. The molecule has 2 heteroatoms. The summed E-state index contributed by atoms with van der Waals surface area (Å²) in [6.45, 7) is 3.95. The summed E-state index contributed by atoms with van der Waals surface area (Å²) in [5, 5.41) is 0.